The second-order valence-corrected chi connectivity index (χ2v) is 8.93. The number of aliphatic hydroxyl groups excluding tert-OH is 2. The quantitative estimate of drug-likeness (QED) is 0.123. The summed E-state index contributed by atoms with van der Waals surface area (Å²) in [7, 11) is 0. The van der Waals surface area contributed by atoms with Crippen LogP contribution in [0.5, 0.6) is 5.75 Å². The summed E-state index contributed by atoms with van der Waals surface area (Å²) in [6, 6.07) is 7.58. The number of phenols is 1. The summed E-state index contributed by atoms with van der Waals surface area (Å²) < 4.78 is 0. The maximum absolute atomic E-state index is 13.1. The summed E-state index contributed by atoms with van der Waals surface area (Å²) in [4.78, 5) is 53.2. The van der Waals surface area contributed by atoms with Crippen LogP contribution in [0.2, 0.25) is 0 Å². The zero-order chi connectivity index (χ0) is 28.5. The lowest BCUT2D eigenvalue weighted by atomic mass is 10.0. The minimum atomic E-state index is -1.53. The number of benzene rings is 2. The average molecular weight is 542 g/mol. The van der Waals surface area contributed by atoms with Crippen LogP contribution >= 0.6 is 0 Å². The van der Waals surface area contributed by atoms with Gasteiger partial charge in [0.15, 0.2) is 0 Å². The van der Waals surface area contributed by atoms with E-state index in [-0.39, 0.29) is 18.6 Å². The average Bonchev–Trinajstić information content (AvgIpc) is 3.33. The molecule has 13 nitrogen and oxygen atoms in total. The van der Waals surface area contributed by atoms with E-state index in [2.05, 4.69) is 20.9 Å². The lowest BCUT2D eigenvalue weighted by Crippen LogP contribution is -2.59. The highest BCUT2D eigenvalue weighted by Crippen LogP contribution is 2.19. The Bertz CT molecular complexity index is 1310. The van der Waals surface area contributed by atoms with Gasteiger partial charge in [0, 0.05) is 29.9 Å². The number of carboxylic acid groups (broad SMARTS) is 1. The van der Waals surface area contributed by atoms with Gasteiger partial charge in [-0.2, -0.15) is 0 Å². The second kappa shape index (κ2) is 13.4. The minimum Gasteiger partial charge on any atom is -0.508 e. The number of aromatic nitrogens is 1. The van der Waals surface area contributed by atoms with Crippen molar-refractivity contribution in [1.29, 1.82) is 0 Å². The van der Waals surface area contributed by atoms with E-state index in [0.717, 1.165) is 10.9 Å². The molecule has 3 rings (SSSR count). The SMILES string of the molecule is NC(CO)C(=O)NC(Cc1ccc(O)cc1)C(=O)NC(CO)C(=O)NC(Cc1c[nH]c2ccccc12)C(=O)O. The molecule has 4 unspecified atom stereocenters. The third-order valence-electron chi connectivity index (χ3n) is 6.07. The molecule has 39 heavy (non-hydrogen) atoms. The number of aromatic hydroxyl groups is 1. The van der Waals surface area contributed by atoms with E-state index in [1.165, 1.54) is 24.3 Å². The number of para-hydroxylation sites is 1. The molecule has 0 radical (unpaired) electrons. The molecule has 0 aliphatic rings. The molecule has 3 aromatic rings. The Labute approximate surface area is 223 Å². The Morgan fingerprint density at radius 1 is 0.795 bits per heavy atom. The highest BCUT2D eigenvalue weighted by molar-refractivity contribution is 5.94. The number of hydrogen-bond acceptors (Lipinski definition) is 8. The summed E-state index contributed by atoms with van der Waals surface area (Å²) in [5, 5.41) is 46.0. The molecular formula is C26H31N5O8. The fourth-order valence-corrected chi connectivity index (χ4v) is 3.90. The number of carbonyl (C=O) groups is 4. The van der Waals surface area contributed by atoms with E-state index in [4.69, 9.17) is 10.8 Å². The maximum atomic E-state index is 13.1. The number of H-pyrrole nitrogens is 1. The van der Waals surface area contributed by atoms with Crippen molar-refractivity contribution in [2.45, 2.75) is 37.0 Å². The molecule has 13 heteroatoms. The number of phenolic OH excluding ortho intramolecular Hbond substituents is 1. The van der Waals surface area contributed by atoms with Gasteiger partial charge in [-0.1, -0.05) is 30.3 Å². The van der Waals surface area contributed by atoms with Crippen LogP contribution in [0.4, 0.5) is 0 Å². The van der Waals surface area contributed by atoms with Gasteiger partial charge >= 0.3 is 5.97 Å². The highest BCUT2D eigenvalue weighted by atomic mass is 16.4. The Balaban J connectivity index is 1.72. The molecule has 0 bridgehead atoms. The first-order valence-corrected chi connectivity index (χ1v) is 12.1. The lowest BCUT2D eigenvalue weighted by Gasteiger charge is -2.24. The first-order valence-electron chi connectivity index (χ1n) is 12.1. The number of amides is 3. The summed E-state index contributed by atoms with van der Waals surface area (Å²) in [6.07, 6.45) is 1.51. The standard InChI is InChI=1S/C26H31N5O8/c27-18(12-32)23(35)29-20(9-14-5-7-16(34)8-6-14)24(36)31-22(13-33)25(37)30-21(26(38)39)10-15-11-28-19-4-2-1-3-17(15)19/h1-8,11,18,20-22,28,32-34H,9-10,12-13,27H2,(H,29,35)(H,30,37)(H,31,36)(H,38,39). The normalized spacial score (nSPS) is 14.1. The van der Waals surface area contributed by atoms with Gasteiger partial charge in [0.25, 0.3) is 0 Å². The first kappa shape index (κ1) is 29.1. The Morgan fingerprint density at radius 3 is 2.05 bits per heavy atom. The summed E-state index contributed by atoms with van der Waals surface area (Å²) in [5.41, 5.74) is 7.53. The minimum absolute atomic E-state index is 0.0104. The summed E-state index contributed by atoms with van der Waals surface area (Å²) in [6.45, 7) is -1.53. The zero-order valence-electron chi connectivity index (χ0n) is 20.8. The van der Waals surface area contributed by atoms with Crippen LogP contribution in [0.1, 0.15) is 11.1 Å². The van der Waals surface area contributed by atoms with Gasteiger partial charge in [-0.05, 0) is 29.3 Å². The molecule has 0 saturated heterocycles. The van der Waals surface area contributed by atoms with Crippen molar-refractivity contribution in [1.82, 2.24) is 20.9 Å². The molecule has 0 aliphatic carbocycles. The van der Waals surface area contributed by atoms with Crippen molar-refractivity contribution in [3.8, 4) is 5.75 Å². The molecule has 0 fully saturated rings. The third-order valence-corrected chi connectivity index (χ3v) is 6.07. The van der Waals surface area contributed by atoms with E-state index in [0.29, 0.717) is 11.1 Å². The van der Waals surface area contributed by atoms with Gasteiger partial charge in [-0.3, -0.25) is 14.4 Å². The molecule has 0 saturated carbocycles. The Morgan fingerprint density at radius 2 is 1.41 bits per heavy atom. The van der Waals surface area contributed by atoms with Crippen LogP contribution in [0.15, 0.2) is 54.7 Å². The molecule has 0 aliphatic heterocycles. The number of carbonyl (C=O) groups excluding carboxylic acids is 3. The van der Waals surface area contributed by atoms with E-state index in [9.17, 15) is 34.5 Å². The fraction of sp³-hybridized carbons (Fsp3) is 0.308. The second-order valence-electron chi connectivity index (χ2n) is 8.93. The number of nitrogens with two attached hydrogens (primary N) is 1. The predicted octanol–water partition coefficient (Wildman–Crippen LogP) is -1.49. The molecule has 4 atom stereocenters. The molecule has 2 aromatic carbocycles. The summed E-state index contributed by atoms with van der Waals surface area (Å²) in [5.74, 6) is -3.96. The van der Waals surface area contributed by atoms with Gasteiger partial charge in [-0.15, -0.1) is 0 Å². The lowest BCUT2D eigenvalue weighted by molar-refractivity contribution is -0.142. The molecule has 1 heterocycles. The molecule has 0 spiro atoms. The third kappa shape index (κ3) is 7.77. The number of hydrogen-bond donors (Lipinski definition) is 9. The van der Waals surface area contributed by atoms with Gasteiger partial charge in [0.05, 0.1) is 13.2 Å². The Hall–Kier alpha value is -4.46. The number of aliphatic hydroxyl groups is 2. The van der Waals surface area contributed by atoms with E-state index < -0.39 is 61.1 Å². The number of aliphatic carboxylic acids is 1. The largest absolute Gasteiger partial charge is 0.508 e. The van der Waals surface area contributed by atoms with E-state index in [1.54, 1.807) is 12.3 Å². The van der Waals surface area contributed by atoms with Crippen LogP contribution in [0.25, 0.3) is 10.9 Å². The highest BCUT2D eigenvalue weighted by Gasteiger charge is 2.30. The zero-order valence-corrected chi connectivity index (χ0v) is 20.8. The van der Waals surface area contributed by atoms with Crippen molar-refractivity contribution in [2.24, 2.45) is 5.73 Å². The predicted molar refractivity (Wildman–Crippen MR) is 139 cm³/mol. The molecule has 208 valence electrons. The topological polar surface area (TPSA) is 227 Å². The van der Waals surface area contributed by atoms with Crippen molar-refractivity contribution in [2.75, 3.05) is 13.2 Å². The molecule has 1 aromatic heterocycles. The van der Waals surface area contributed by atoms with Crippen LogP contribution in [0, 0.1) is 0 Å². The molecule has 3 amide bonds. The van der Waals surface area contributed by atoms with Crippen LogP contribution in [-0.2, 0) is 32.0 Å². The number of carboxylic acids is 1. The molecular weight excluding hydrogens is 510 g/mol. The van der Waals surface area contributed by atoms with Crippen molar-refractivity contribution >= 4 is 34.6 Å². The van der Waals surface area contributed by atoms with Crippen LogP contribution < -0.4 is 21.7 Å². The van der Waals surface area contributed by atoms with Gasteiger partial charge in [-0.25, -0.2) is 4.79 Å². The van der Waals surface area contributed by atoms with E-state index in [1.807, 2.05) is 18.2 Å². The van der Waals surface area contributed by atoms with Crippen molar-refractivity contribution in [3.63, 3.8) is 0 Å². The van der Waals surface area contributed by atoms with Gasteiger partial charge in [0.2, 0.25) is 17.7 Å². The molecule has 10 N–H and O–H groups in total. The van der Waals surface area contributed by atoms with Crippen molar-refractivity contribution < 1.29 is 39.6 Å². The van der Waals surface area contributed by atoms with Crippen molar-refractivity contribution in [3.05, 3.63) is 65.9 Å². The van der Waals surface area contributed by atoms with Gasteiger partial charge < -0.3 is 47.1 Å². The maximum Gasteiger partial charge on any atom is 0.326 e. The first-order chi connectivity index (χ1) is 18.6. The monoisotopic (exact) mass is 541 g/mol. The van der Waals surface area contributed by atoms with Crippen LogP contribution in [0.3, 0.4) is 0 Å². The number of nitrogens with one attached hydrogen (secondary N) is 4. The smallest absolute Gasteiger partial charge is 0.326 e. The number of aromatic amines is 1. The Kier molecular flexibility index (Phi) is 9.98. The van der Waals surface area contributed by atoms with Gasteiger partial charge in [0.1, 0.15) is 29.9 Å². The number of fused-ring (bicyclic) bond motifs is 1. The summed E-state index contributed by atoms with van der Waals surface area (Å²) >= 11 is 0. The van der Waals surface area contributed by atoms with E-state index >= 15 is 0 Å². The fourth-order valence-electron chi connectivity index (χ4n) is 3.90. The number of rotatable bonds is 13. The van der Waals surface area contributed by atoms with Crippen LogP contribution in [-0.4, -0.2) is 86.5 Å².